The fourth-order valence-corrected chi connectivity index (χ4v) is 3.10. The summed E-state index contributed by atoms with van der Waals surface area (Å²) in [6.45, 7) is 4.64. The summed E-state index contributed by atoms with van der Waals surface area (Å²) in [6.07, 6.45) is 4.52. The Morgan fingerprint density at radius 2 is 1.77 bits per heavy atom. The van der Waals surface area contributed by atoms with Gasteiger partial charge >= 0.3 is 0 Å². The maximum Gasteiger partial charge on any atom is 0.0930 e. The van der Waals surface area contributed by atoms with Gasteiger partial charge in [0.2, 0.25) is 0 Å². The number of anilines is 1. The van der Waals surface area contributed by atoms with Crippen molar-refractivity contribution in [3.8, 4) is 11.3 Å². The molecule has 4 rings (SSSR count). The van der Waals surface area contributed by atoms with Crippen molar-refractivity contribution < 1.29 is 0 Å². The standard InChI is InChI=1S/C17H20N4.ClH/c1-3-14(17-5-2-8-18-19-17)13-16(4-1)21-11-9-20(10-12-21)15-6-7-15;/h1-5,8,13,15H,6-7,9-12H2;1H. The van der Waals surface area contributed by atoms with Crippen molar-refractivity contribution in [1.82, 2.24) is 15.1 Å². The van der Waals surface area contributed by atoms with Crippen molar-refractivity contribution >= 4 is 18.1 Å². The Balaban J connectivity index is 0.00000144. The summed E-state index contributed by atoms with van der Waals surface area (Å²) >= 11 is 0. The molecule has 0 amide bonds. The molecule has 2 heterocycles. The Hall–Kier alpha value is -1.65. The molecule has 1 saturated heterocycles. The normalized spacial score (nSPS) is 18.8. The van der Waals surface area contributed by atoms with Crippen LogP contribution in [0.15, 0.2) is 42.6 Å². The van der Waals surface area contributed by atoms with E-state index in [-0.39, 0.29) is 12.4 Å². The van der Waals surface area contributed by atoms with Gasteiger partial charge in [0.15, 0.2) is 0 Å². The minimum Gasteiger partial charge on any atom is -0.369 e. The zero-order valence-electron chi connectivity index (χ0n) is 12.6. The van der Waals surface area contributed by atoms with E-state index in [2.05, 4.69) is 44.3 Å². The number of benzene rings is 1. The molecule has 1 aromatic heterocycles. The van der Waals surface area contributed by atoms with Gasteiger partial charge in [-0.2, -0.15) is 10.2 Å². The average molecular weight is 317 g/mol. The predicted molar refractivity (Wildman–Crippen MR) is 91.5 cm³/mol. The minimum absolute atomic E-state index is 0. The molecule has 0 unspecified atom stereocenters. The molecule has 4 nitrogen and oxygen atoms in total. The van der Waals surface area contributed by atoms with Crippen LogP contribution in [-0.2, 0) is 0 Å². The molecule has 2 aromatic rings. The van der Waals surface area contributed by atoms with Crippen LogP contribution in [0.25, 0.3) is 11.3 Å². The van der Waals surface area contributed by atoms with E-state index in [1.165, 1.54) is 31.6 Å². The van der Waals surface area contributed by atoms with Gasteiger partial charge in [0.25, 0.3) is 0 Å². The number of piperazine rings is 1. The topological polar surface area (TPSA) is 32.3 Å². The van der Waals surface area contributed by atoms with Gasteiger partial charge in [-0.1, -0.05) is 12.1 Å². The zero-order chi connectivity index (χ0) is 14.1. The first-order valence-corrected chi connectivity index (χ1v) is 7.77. The van der Waals surface area contributed by atoms with E-state index in [4.69, 9.17) is 0 Å². The van der Waals surface area contributed by atoms with Crippen molar-refractivity contribution in [2.45, 2.75) is 18.9 Å². The Labute approximate surface area is 137 Å². The average Bonchev–Trinajstić information content (AvgIpc) is 3.41. The number of rotatable bonds is 3. The lowest BCUT2D eigenvalue weighted by atomic mass is 10.1. The Bertz CT molecular complexity index is 607. The Morgan fingerprint density at radius 1 is 0.955 bits per heavy atom. The van der Waals surface area contributed by atoms with Crippen molar-refractivity contribution in [3.63, 3.8) is 0 Å². The molecule has 0 radical (unpaired) electrons. The van der Waals surface area contributed by atoms with Crippen LogP contribution in [0.4, 0.5) is 5.69 Å². The molecule has 1 saturated carbocycles. The molecule has 1 aliphatic carbocycles. The smallest absolute Gasteiger partial charge is 0.0930 e. The highest BCUT2D eigenvalue weighted by atomic mass is 35.5. The van der Waals surface area contributed by atoms with E-state index in [0.29, 0.717) is 0 Å². The maximum atomic E-state index is 4.20. The quantitative estimate of drug-likeness (QED) is 0.871. The summed E-state index contributed by atoms with van der Waals surface area (Å²) in [5.41, 5.74) is 3.38. The molecule has 2 aliphatic rings. The zero-order valence-corrected chi connectivity index (χ0v) is 13.4. The van der Waals surface area contributed by atoms with Crippen molar-refractivity contribution in [1.29, 1.82) is 0 Å². The molecule has 2 fully saturated rings. The number of hydrogen-bond acceptors (Lipinski definition) is 4. The molecule has 1 aliphatic heterocycles. The van der Waals surface area contributed by atoms with E-state index >= 15 is 0 Å². The van der Waals surface area contributed by atoms with Crippen LogP contribution in [0, 0.1) is 0 Å². The van der Waals surface area contributed by atoms with Crippen molar-refractivity contribution in [3.05, 3.63) is 42.6 Å². The van der Waals surface area contributed by atoms with Gasteiger partial charge in [-0.05, 0) is 37.1 Å². The van der Waals surface area contributed by atoms with Crippen LogP contribution in [0.3, 0.4) is 0 Å². The number of nitrogens with zero attached hydrogens (tertiary/aromatic N) is 4. The summed E-state index contributed by atoms with van der Waals surface area (Å²) < 4.78 is 0. The molecule has 0 spiro atoms. The van der Waals surface area contributed by atoms with Gasteiger partial charge in [-0.3, -0.25) is 4.90 Å². The molecule has 1 aromatic carbocycles. The molecule has 5 heteroatoms. The first kappa shape index (κ1) is 15.3. The third-order valence-electron chi connectivity index (χ3n) is 4.46. The lowest BCUT2D eigenvalue weighted by Crippen LogP contribution is -2.47. The Morgan fingerprint density at radius 3 is 2.45 bits per heavy atom. The van der Waals surface area contributed by atoms with Gasteiger partial charge < -0.3 is 4.90 Å². The SMILES string of the molecule is Cl.c1cc(-c2cccnn2)cc(N2CCN(C3CC3)CC2)c1. The molecular formula is C17H21ClN4. The van der Waals surface area contributed by atoms with E-state index in [0.717, 1.165) is 30.4 Å². The molecular weight excluding hydrogens is 296 g/mol. The van der Waals surface area contributed by atoms with Gasteiger partial charge in [-0.25, -0.2) is 0 Å². The first-order chi connectivity index (χ1) is 10.4. The lowest BCUT2D eigenvalue weighted by Gasteiger charge is -2.36. The van der Waals surface area contributed by atoms with Crippen LogP contribution < -0.4 is 4.90 Å². The maximum absolute atomic E-state index is 4.20. The fraction of sp³-hybridized carbons (Fsp3) is 0.412. The molecule has 0 N–H and O–H groups in total. The predicted octanol–water partition coefficient (Wildman–Crippen LogP) is 2.85. The van der Waals surface area contributed by atoms with E-state index in [1.807, 2.05) is 12.1 Å². The summed E-state index contributed by atoms with van der Waals surface area (Å²) in [5.74, 6) is 0. The second-order valence-corrected chi connectivity index (χ2v) is 5.91. The van der Waals surface area contributed by atoms with Crippen LogP contribution in [0.1, 0.15) is 12.8 Å². The van der Waals surface area contributed by atoms with Gasteiger partial charge in [0.1, 0.15) is 0 Å². The molecule has 0 bridgehead atoms. The van der Waals surface area contributed by atoms with Crippen LogP contribution in [0.5, 0.6) is 0 Å². The lowest BCUT2D eigenvalue weighted by molar-refractivity contribution is 0.248. The first-order valence-electron chi connectivity index (χ1n) is 7.77. The number of hydrogen-bond donors (Lipinski definition) is 0. The minimum atomic E-state index is 0. The van der Waals surface area contributed by atoms with Crippen molar-refractivity contribution in [2.24, 2.45) is 0 Å². The van der Waals surface area contributed by atoms with E-state index in [1.54, 1.807) is 6.20 Å². The number of aromatic nitrogens is 2. The van der Waals surface area contributed by atoms with Crippen LogP contribution >= 0.6 is 12.4 Å². The van der Waals surface area contributed by atoms with E-state index in [9.17, 15) is 0 Å². The monoisotopic (exact) mass is 316 g/mol. The Kier molecular flexibility index (Phi) is 4.60. The largest absolute Gasteiger partial charge is 0.369 e. The summed E-state index contributed by atoms with van der Waals surface area (Å²) in [6, 6.07) is 13.5. The highest BCUT2D eigenvalue weighted by Crippen LogP contribution is 2.29. The highest BCUT2D eigenvalue weighted by molar-refractivity contribution is 5.85. The molecule has 22 heavy (non-hydrogen) atoms. The fourth-order valence-electron chi connectivity index (χ4n) is 3.10. The van der Waals surface area contributed by atoms with Gasteiger partial charge in [0.05, 0.1) is 5.69 Å². The van der Waals surface area contributed by atoms with Crippen LogP contribution in [-0.4, -0.2) is 47.3 Å². The second kappa shape index (κ2) is 6.63. The third kappa shape index (κ3) is 3.23. The van der Waals surface area contributed by atoms with E-state index < -0.39 is 0 Å². The highest BCUT2D eigenvalue weighted by Gasteiger charge is 2.31. The van der Waals surface area contributed by atoms with Crippen molar-refractivity contribution in [2.75, 3.05) is 31.1 Å². The van der Waals surface area contributed by atoms with Gasteiger partial charge in [0, 0.05) is 49.7 Å². The molecule has 116 valence electrons. The summed E-state index contributed by atoms with van der Waals surface area (Å²) in [4.78, 5) is 5.13. The second-order valence-electron chi connectivity index (χ2n) is 5.91. The summed E-state index contributed by atoms with van der Waals surface area (Å²) in [5, 5.41) is 8.17. The van der Waals surface area contributed by atoms with Crippen LogP contribution in [0.2, 0.25) is 0 Å². The summed E-state index contributed by atoms with van der Waals surface area (Å²) in [7, 11) is 0. The van der Waals surface area contributed by atoms with Gasteiger partial charge in [-0.15, -0.1) is 12.4 Å². The molecule has 0 atom stereocenters. The number of halogens is 1. The third-order valence-corrected chi connectivity index (χ3v) is 4.46.